The van der Waals surface area contributed by atoms with Gasteiger partial charge in [0.25, 0.3) is 10.0 Å². The number of carbonyl (C=O) groups is 1. The highest BCUT2D eigenvalue weighted by Gasteiger charge is 2.22. The number of nitrogens with zero attached hydrogens (tertiary/aromatic N) is 3. The first-order valence-electron chi connectivity index (χ1n) is 9.44. The van der Waals surface area contributed by atoms with E-state index >= 15 is 0 Å². The van der Waals surface area contributed by atoms with E-state index in [0.717, 1.165) is 26.9 Å². The van der Waals surface area contributed by atoms with Gasteiger partial charge in [0.05, 0.1) is 15.1 Å². The summed E-state index contributed by atoms with van der Waals surface area (Å²) in [7, 11) is -2.23. The summed E-state index contributed by atoms with van der Waals surface area (Å²) < 4.78 is 28.1. The topological polar surface area (TPSA) is 92.3 Å². The Bertz CT molecular complexity index is 1380. The molecule has 0 spiro atoms. The number of anilines is 2. The molecule has 0 atom stereocenters. The lowest BCUT2D eigenvalue weighted by Gasteiger charge is -2.19. The lowest BCUT2D eigenvalue weighted by Crippen LogP contribution is -2.27. The van der Waals surface area contributed by atoms with Crippen LogP contribution in [-0.4, -0.2) is 31.3 Å². The fourth-order valence-corrected chi connectivity index (χ4v) is 5.16. The monoisotopic (exact) mass is 452 g/mol. The van der Waals surface area contributed by atoms with Gasteiger partial charge in [0.1, 0.15) is 5.82 Å². The average molecular weight is 453 g/mol. The standard InChI is InChI=1S/C22H20N4O3S2/c1-14-4-7-18(8-5-14)31(28,29)26(3)21-13-17(10-11-23-21)16-6-9-19-20(12-16)30-22(25-19)24-15(2)27/h4-13H,1-3H3,(H,24,25,27). The van der Waals surface area contributed by atoms with Crippen molar-refractivity contribution in [1.82, 2.24) is 9.97 Å². The van der Waals surface area contributed by atoms with Crippen molar-refractivity contribution in [2.24, 2.45) is 0 Å². The van der Waals surface area contributed by atoms with Gasteiger partial charge in [0.2, 0.25) is 5.91 Å². The molecule has 158 valence electrons. The molecule has 2 aromatic carbocycles. The molecule has 0 aliphatic rings. The molecule has 1 N–H and O–H groups in total. The van der Waals surface area contributed by atoms with Crippen LogP contribution < -0.4 is 9.62 Å². The minimum absolute atomic E-state index is 0.170. The number of carbonyl (C=O) groups excluding carboxylic acids is 1. The van der Waals surface area contributed by atoms with Crippen molar-refractivity contribution in [3.05, 3.63) is 66.4 Å². The Morgan fingerprint density at radius 2 is 1.74 bits per heavy atom. The Balaban J connectivity index is 1.67. The van der Waals surface area contributed by atoms with Crippen LogP contribution >= 0.6 is 11.3 Å². The summed E-state index contributed by atoms with van der Waals surface area (Å²) in [4.78, 5) is 20.1. The van der Waals surface area contributed by atoms with Crippen molar-refractivity contribution < 1.29 is 13.2 Å². The number of fused-ring (bicyclic) bond motifs is 1. The maximum absolute atomic E-state index is 13.0. The molecular formula is C22H20N4O3S2. The zero-order valence-corrected chi connectivity index (χ0v) is 18.8. The van der Waals surface area contributed by atoms with E-state index < -0.39 is 10.0 Å². The average Bonchev–Trinajstić information content (AvgIpc) is 3.14. The third-order valence-electron chi connectivity index (χ3n) is 4.75. The summed E-state index contributed by atoms with van der Waals surface area (Å²) in [6, 6.07) is 16.0. The van der Waals surface area contributed by atoms with Crippen LogP contribution in [-0.2, 0) is 14.8 Å². The Hall–Kier alpha value is -3.30. The number of rotatable bonds is 5. The molecule has 0 unspecified atom stereocenters. The summed E-state index contributed by atoms with van der Waals surface area (Å²) in [5, 5.41) is 3.24. The second-order valence-corrected chi connectivity index (χ2v) is 10.1. The van der Waals surface area contributed by atoms with E-state index in [1.54, 1.807) is 36.5 Å². The summed E-state index contributed by atoms with van der Waals surface area (Å²) in [5.41, 5.74) is 3.50. The second-order valence-electron chi connectivity index (χ2n) is 7.07. The number of aromatic nitrogens is 2. The Kier molecular flexibility index (Phi) is 5.47. The molecule has 1 amide bonds. The van der Waals surface area contributed by atoms with Gasteiger partial charge < -0.3 is 5.32 Å². The Morgan fingerprint density at radius 1 is 1.03 bits per heavy atom. The van der Waals surface area contributed by atoms with Crippen LogP contribution in [0.4, 0.5) is 10.9 Å². The largest absolute Gasteiger partial charge is 0.302 e. The van der Waals surface area contributed by atoms with Crippen LogP contribution in [0.15, 0.2) is 65.7 Å². The fourth-order valence-electron chi connectivity index (χ4n) is 3.07. The van der Waals surface area contributed by atoms with Crippen LogP contribution in [0, 0.1) is 6.92 Å². The number of sulfonamides is 1. The highest BCUT2D eigenvalue weighted by Crippen LogP contribution is 2.32. The molecule has 2 aromatic heterocycles. The molecule has 0 bridgehead atoms. The number of thiazole rings is 1. The molecular weight excluding hydrogens is 432 g/mol. The van der Waals surface area contributed by atoms with Crippen LogP contribution in [0.2, 0.25) is 0 Å². The number of benzene rings is 2. The van der Waals surface area contributed by atoms with Crippen molar-refractivity contribution >= 4 is 48.4 Å². The number of hydrogen-bond donors (Lipinski definition) is 1. The van der Waals surface area contributed by atoms with Crippen LogP contribution in [0.3, 0.4) is 0 Å². The van der Waals surface area contributed by atoms with Gasteiger partial charge in [-0.05, 0) is 54.4 Å². The first kappa shape index (κ1) is 21.0. The van der Waals surface area contributed by atoms with Crippen molar-refractivity contribution in [3.8, 4) is 11.1 Å². The van der Waals surface area contributed by atoms with Gasteiger partial charge in [0, 0.05) is 20.2 Å². The molecule has 31 heavy (non-hydrogen) atoms. The summed E-state index contributed by atoms with van der Waals surface area (Å²) in [5.74, 6) is 0.150. The number of pyridine rings is 1. The molecule has 0 aliphatic carbocycles. The van der Waals surface area contributed by atoms with Gasteiger partial charge in [-0.25, -0.2) is 18.4 Å². The van der Waals surface area contributed by atoms with Crippen LogP contribution in [0.25, 0.3) is 21.3 Å². The first-order chi connectivity index (χ1) is 14.7. The van der Waals surface area contributed by atoms with E-state index in [1.807, 2.05) is 31.2 Å². The molecule has 0 saturated heterocycles. The van der Waals surface area contributed by atoms with E-state index in [4.69, 9.17) is 0 Å². The normalized spacial score (nSPS) is 11.5. The third kappa shape index (κ3) is 4.28. The van der Waals surface area contributed by atoms with Gasteiger partial charge in [-0.1, -0.05) is 35.1 Å². The Labute approximate surface area is 184 Å². The molecule has 0 saturated carbocycles. The van der Waals surface area contributed by atoms with Gasteiger partial charge in [0.15, 0.2) is 5.13 Å². The summed E-state index contributed by atoms with van der Waals surface area (Å²) in [6.45, 7) is 3.35. The number of hydrogen-bond acceptors (Lipinski definition) is 6. The van der Waals surface area contributed by atoms with Crippen molar-refractivity contribution in [2.75, 3.05) is 16.7 Å². The molecule has 0 fully saturated rings. The molecule has 0 aliphatic heterocycles. The molecule has 7 nitrogen and oxygen atoms in total. The predicted octanol–water partition coefficient (Wildman–Crippen LogP) is 4.45. The van der Waals surface area contributed by atoms with E-state index in [-0.39, 0.29) is 10.8 Å². The van der Waals surface area contributed by atoms with Gasteiger partial charge in [-0.2, -0.15) is 0 Å². The molecule has 2 heterocycles. The minimum Gasteiger partial charge on any atom is -0.302 e. The highest BCUT2D eigenvalue weighted by molar-refractivity contribution is 7.92. The van der Waals surface area contributed by atoms with E-state index in [1.165, 1.54) is 29.6 Å². The second kappa shape index (κ2) is 8.09. The van der Waals surface area contributed by atoms with Crippen molar-refractivity contribution in [1.29, 1.82) is 0 Å². The first-order valence-corrected chi connectivity index (χ1v) is 11.7. The lowest BCUT2D eigenvalue weighted by molar-refractivity contribution is -0.114. The zero-order valence-electron chi connectivity index (χ0n) is 17.2. The lowest BCUT2D eigenvalue weighted by atomic mass is 10.1. The zero-order chi connectivity index (χ0) is 22.2. The van der Waals surface area contributed by atoms with Gasteiger partial charge in [-0.15, -0.1) is 0 Å². The van der Waals surface area contributed by atoms with Crippen molar-refractivity contribution in [3.63, 3.8) is 0 Å². The highest BCUT2D eigenvalue weighted by atomic mass is 32.2. The van der Waals surface area contributed by atoms with E-state index in [2.05, 4.69) is 15.3 Å². The summed E-state index contributed by atoms with van der Waals surface area (Å²) >= 11 is 1.38. The number of aryl methyl sites for hydroxylation is 1. The Morgan fingerprint density at radius 3 is 2.45 bits per heavy atom. The van der Waals surface area contributed by atoms with E-state index in [9.17, 15) is 13.2 Å². The van der Waals surface area contributed by atoms with Gasteiger partial charge in [-0.3, -0.25) is 9.10 Å². The maximum atomic E-state index is 13.0. The number of nitrogens with one attached hydrogen (secondary N) is 1. The molecule has 4 rings (SSSR count). The third-order valence-corrected chi connectivity index (χ3v) is 7.46. The maximum Gasteiger partial charge on any atom is 0.265 e. The fraction of sp³-hybridized carbons (Fsp3) is 0.136. The van der Waals surface area contributed by atoms with Gasteiger partial charge >= 0.3 is 0 Å². The summed E-state index contributed by atoms with van der Waals surface area (Å²) in [6.07, 6.45) is 1.59. The molecule has 4 aromatic rings. The molecule has 9 heteroatoms. The smallest absolute Gasteiger partial charge is 0.265 e. The predicted molar refractivity (Wildman–Crippen MR) is 124 cm³/mol. The van der Waals surface area contributed by atoms with Crippen molar-refractivity contribution in [2.45, 2.75) is 18.7 Å². The number of amides is 1. The van der Waals surface area contributed by atoms with Crippen LogP contribution in [0.5, 0.6) is 0 Å². The quantitative estimate of drug-likeness (QED) is 0.483. The SMILES string of the molecule is CC(=O)Nc1nc2ccc(-c3ccnc(N(C)S(=O)(=O)c4ccc(C)cc4)c3)cc2s1. The van der Waals surface area contributed by atoms with E-state index in [0.29, 0.717) is 10.9 Å². The van der Waals surface area contributed by atoms with Crippen LogP contribution in [0.1, 0.15) is 12.5 Å². The minimum atomic E-state index is -3.73. The molecule has 0 radical (unpaired) electrons.